The second kappa shape index (κ2) is 9.55. The number of aliphatic carboxylic acids is 1. The van der Waals surface area contributed by atoms with Crippen molar-refractivity contribution in [3.63, 3.8) is 0 Å². The minimum Gasteiger partial charge on any atom is -0.493 e. The average molecular weight is 480 g/mol. The number of carbonyl (C=O) groups is 2. The van der Waals surface area contributed by atoms with E-state index in [1.807, 2.05) is 30.3 Å². The largest absolute Gasteiger partial charge is 0.493 e. The molecule has 9 heteroatoms. The number of ether oxygens (including phenoxy) is 5. The summed E-state index contributed by atoms with van der Waals surface area (Å²) in [4.78, 5) is 24.9. The second-order valence-corrected chi connectivity index (χ2v) is 7.81. The van der Waals surface area contributed by atoms with Gasteiger partial charge in [-0.25, -0.2) is 9.59 Å². The van der Waals surface area contributed by atoms with Crippen LogP contribution in [0.15, 0.2) is 60.7 Å². The van der Waals surface area contributed by atoms with E-state index in [-0.39, 0.29) is 40.5 Å². The first kappa shape index (κ1) is 23.9. The van der Waals surface area contributed by atoms with Gasteiger partial charge in [0.25, 0.3) is 0 Å². The maximum absolute atomic E-state index is 12.8. The highest BCUT2D eigenvalue weighted by atomic mass is 16.7. The van der Waals surface area contributed by atoms with Crippen molar-refractivity contribution in [3.05, 3.63) is 82.9 Å². The van der Waals surface area contributed by atoms with Crippen LogP contribution in [0.1, 0.15) is 33.0 Å². The third-order valence-corrected chi connectivity index (χ3v) is 5.77. The normalized spacial score (nSPS) is 18.7. The number of rotatable bonds is 8. The maximum Gasteiger partial charge on any atom is 0.378 e. The number of carbonyl (C=O) groups excluding carboxylic acids is 1. The Kier molecular flexibility index (Phi) is 6.52. The van der Waals surface area contributed by atoms with Crippen LogP contribution in [0.3, 0.4) is 0 Å². The molecule has 3 aromatic rings. The van der Waals surface area contributed by atoms with Crippen LogP contribution in [-0.2, 0) is 16.1 Å². The molecule has 4 rings (SSSR count). The van der Waals surface area contributed by atoms with E-state index in [9.17, 15) is 19.8 Å². The molecule has 0 aromatic heterocycles. The molecule has 9 nitrogen and oxygen atoms in total. The molecule has 0 amide bonds. The third kappa shape index (κ3) is 4.33. The van der Waals surface area contributed by atoms with E-state index in [1.165, 1.54) is 45.6 Å². The molecular formula is C26H24O9. The lowest BCUT2D eigenvalue weighted by atomic mass is 9.79. The molecular weight excluding hydrogens is 456 g/mol. The number of cyclic esters (lactones) is 1. The van der Waals surface area contributed by atoms with Gasteiger partial charge in [0.1, 0.15) is 12.4 Å². The van der Waals surface area contributed by atoms with Gasteiger partial charge in [-0.15, -0.1) is 0 Å². The Labute approximate surface area is 201 Å². The van der Waals surface area contributed by atoms with Crippen LogP contribution in [0.2, 0.25) is 0 Å². The molecule has 35 heavy (non-hydrogen) atoms. The topological polar surface area (TPSA) is 121 Å². The summed E-state index contributed by atoms with van der Waals surface area (Å²) in [6.07, 6.45) is 0. The quantitative estimate of drug-likeness (QED) is 0.468. The first-order chi connectivity index (χ1) is 16.8. The van der Waals surface area contributed by atoms with Crippen molar-refractivity contribution in [1.29, 1.82) is 0 Å². The standard InChI is InChI=1S/C26H24O9/c1-31-20-11-16(12-21(32-2)23(20)33-3)22-18-10-9-17(34-14-15-7-5-4-6-8-15)13-19(18)24(27)35-26(22,30)25(28)29/h4-13,22,30H,14H2,1-3H3,(H,28,29). The van der Waals surface area contributed by atoms with Gasteiger partial charge in [0.05, 0.1) is 32.8 Å². The van der Waals surface area contributed by atoms with Crippen LogP contribution in [0.5, 0.6) is 23.0 Å². The summed E-state index contributed by atoms with van der Waals surface area (Å²) >= 11 is 0. The van der Waals surface area contributed by atoms with Gasteiger partial charge in [-0.3, -0.25) is 0 Å². The average Bonchev–Trinajstić information content (AvgIpc) is 2.87. The molecule has 0 spiro atoms. The smallest absolute Gasteiger partial charge is 0.378 e. The molecule has 0 bridgehead atoms. The van der Waals surface area contributed by atoms with Crippen LogP contribution < -0.4 is 18.9 Å². The lowest BCUT2D eigenvalue weighted by molar-refractivity contribution is -0.211. The Morgan fingerprint density at radius 2 is 1.63 bits per heavy atom. The molecule has 1 aliphatic heterocycles. The third-order valence-electron chi connectivity index (χ3n) is 5.77. The van der Waals surface area contributed by atoms with Crippen molar-refractivity contribution in [2.45, 2.75) is 18.3 Å². The van der Waals surface area contributed by atoms with E-state index in [0.717, 1.165) is 5.56 Å². The highest BCUT2D eigenvalue weighted by Gasteiger charge is 2.55. The van der Waals surface area contributed by atoms with E-state index in [0.29, 0.717) is 5.75 Å². The number of carboxylic acids is 1. The fourth-order valence-electron chi connectivity index (χ4n) is 4.10. The number of benzene rings is 3. The zero-order valence-electron chi connectivity index (χ0n) is 19.3. The second-order valence-electron chi connectivity index (χ2n) is 7.81. The molecule has 2 unspecified atom stereocenters. The molecule has 3 aromatic carbocycles. The molecule has 182 valence electrons. The van der Waals surface area contributed by atoms with Gasteiger partial charge in [-0.05, 0) is 41.0 Å². The summed E-state index contributed by atoms with van der Waals surface area (Å²) in [6, 6.07) is 17.1. The van der Waals surface area contributed by atoms with Crippen molar-refractivity contribution >= 4 is 11.9 Å². The Hall–Kier alpha value is -4.24. The van der Waals surface area contributed by atoms with Crippen molar-refractivity contribution < 1.29 is 43.5 Å². The molecule has 1 aliphatic rings. The van der Waals surface area contributed by atoms with Crippen molar-refractivity contribution in [3.8, 4) is 23.0 Å². The summed E-state index contributed by atoms with van der Waals surface area (Å²) < 4.78 is 27.0. The van der Waals surface area contributed by atoms with E-state index < -0.39 is 23.6 Å². The number of methoxy groups -OCH3 is 3. The summed E-state index contributed by atoms with van der Waals surface area (Å²) in [5.74, 6) is -5.72. The molecule has 0 saturated heterocycles. The molecule has 2 N–H and O–H groups in total. The molecule has 0 fully saturated rings. The van der Waals surface area contributed by atoms with Gasteiger partial charge in [-0.1, -0.05) is 36.4 Å². The van der Waals surface area contributed by atoms with Gasteiger partial charge in [0, 0.05) is 0 Å². The Morgan fingerprint density at radius 3 is 2.20 bits per heavy atom. The minimum absolute atomic E-state index is 0.0697. The van der Waals surface area contributed by atoms with Gasteiger partial charge in [-0.2, -0.15) is 0 Å². The first-order valence-electron chi connectivity index (χ1n) is 10.6. The Morgan fingerprint density at radius 1 is 0.971 bits per heavy atom. The first-order valence-corrected chi connectivity index (χ1v) is 10.6. The van der Waals surface area contributed by atoms with Crippen LogP contribution in [-0.4, -0.2) is 49.3 Å². The summed E-state index contributed by atoms with van der Waals surface area (Å²) in [5.41, 5.74) is 1.52. The number of aliphatic hydroxyl groups is 1. The lowest BCUT2D eigenvalue weighted by Gasteiger charge is -2.37. The van der Waals surface area contributed by atoms with Crippen LogP contribution in [0, 0.1) is 0 Å². The van der Waals surface area contributed by atoms with Crippen LogP contribution >= 0.6 is 0 Å². The van der Waals surface area contributed by atoms with Gasteiger partial charge in [0.15, 0.2) is 11.5 Å². The van der Waals surface area contributed by atoms with Crippen LogP contribution in [0.25, 0.3) is 0 Å². The molecule has 0 saturated carbocycles. The highest BCUT2D eigenvalue weighted by molar-refractivity contribution is 5.97. The Balaban J connectivity index is 1.81. The predicted octanol–water partition coefficient (Wildman–Crippen LogP) is 3.37. The van der Waals surface area contributed by atoms with Gasteiger partial charge >= 0.3 is 17.7 Å². The highest BCUT2D eigenvalue weighted by Crippen LogP contribution is 2.48. The molecule has 1 heterocycles. The zero-order chi connectivity index (χ0) is 25.2. The summed E-state index contributed by atoms with van der Waals surface area (Å²) in [7, 11) is 4.26. The lowest BCUT2D eigenvalue weighted by Crippen LogP contribution is -2.52. The van der Waals surface area contributed by atoms with Crippen molar-refractivity contribution in [1.82, 2.24) is 0 Å². The van der Waals surface area contributed by atoms with Crippen molar-refractivity contribution in [2.75, 3.05) is 21.3 Å². The van der Waals surface area contributed by atoms with Crippen molar-refractivity contribution in [2.24, 2.45) is 0 Å². The fourth-order valence-corrected chi connectivity index (χ4v) is 4.10. The van der Waals surface area contributed by atoms with Gasteiger partial charge < -0.3 is 33.9 Å². The monoisotopic (exact) mass is 480 g/mol. The van der Waals surface area contributed by atoms with Crippen LogP contribution in [0.4, 0.5) is 0 Å². The maximum atomic E-state index is 12.8. The van der Waals surface area contributed by atoms with Gasteiger partial charge in [0.2, 0.25) is 5.75 Å². The number of hydrogen-bond donors (Lipinski definition) is 2. The molecule has 0 aliphatic carbocycles. The minimum atomic E-state index is -2.87. The summed E-state index contributed by atoms with van der Waals surface area (Å²) in [6.45, 7) is 0.268. The predicted molar refractivity (Wildman–Crippen MR) is 123 cm³/mol. The Bertz CT molecular complexity index is 1230. The molecule has 0 radical (unpaired) electrons. The number of hydrogen-bond acceptors (Lipinski definition) is 8. The molecule has 2 atom stereocenters. The van der Waals surface area contributed by atoms with E-state index in [2.05, 4.69) is 0 Å². The van der Waals surface area contributed by atoms with E-state index >= 15 is 0 Å². The summed E-state index contributed by atoms with van der Waals surface area (Å²) in [5, 5.41) is 20.9. The zero-order valence-corrected chi connectivity index (χ0v) is 19.3. The number of esters is 1. The number of carboxylic acid groups (broad SMARTS) is 1. The van der Waals surface area contributed by atoms with E-state index in [1.54, 1.807) is 6.07 Å². The fraction of sp³-hybridized carbons (Fsp3) is 0.231. The van der Waals surface area contributed by atoms with E-state index in [4.69, 9.17) is 23.7 Å². The SMILES string of the molecule is COc1cc(C2c3ccc(OCc4ccccc4)cc3C(=O)OC2(O)C(=O)O)cc(OC)c1OC. The number of fused-ring (bicyclic) bond motifs is 1.